The molecule has 0 saturated carbocycles. The summed E-state index contributed by atoms with van der Waals surface area (Å²) in [5, 5.41) is 9.11. The molecule has 0 aromatic heterocycles. The summed E-state index contributed by atoms with van der Waals surface area (Å²) >= 11 is 0. The average Bonchev–Trinajstić information content (AvgIpc) is 2.49. The number of hydrogen-bond donors (Lipinski definition) is 1. The van der Waals surface area contributed by atoms with Gasteiger partial charge in [0, 0.05) is 12.7 Å². The van der Waals surface area contributed by atoms with Crippen LogP contribution < -0.4 is 10.0 Å². The molecule has 0 bridgehead atoms. The van der Waals surface area contributed by atoms with E-state index in [0.717, 1.165) is 4.31 Å². The van der Waals surface area contributed by atoms with Crippen molar-refractivity contribution in [2.45, 2.75) is 11.8 Å². The molecule has 2 aromatic rings. The topological polar surface area (TPSA) is 87.2 Å². The molecule has 0 radical (unpaired) electrons. The number of para-hydroxylation sites is 1. The van der Waals surface area contributed by atoms with Crippen LogP contribution in [0.2, 0.25) is 0 Å². The molecule has 0 aliphatic carbocycles. The Morgan fingerprint density at radius 2 is 1.81 bits per heavy atom. The Labute approximate surface area is 124 Å². The van der Waals surface area contributed by atoms with Crippen molar-refractivity contribution in [1.29, 1.82) is 5.26 Å². The SMILES string of the molecule is Cc1c(N)cccc1S(=O)(=O)N(C)c1ccccc1C#N. The van der Waals surface area contributed by atoms with Crippen molar-refractivity contribution in [2.75, 3.05) is 17.1 Å². The van der Waals surface area contributed by atoms with Gasteiger partial charge in [-0.2, -0.15) is 5.26 Å². The number of rotatable bonds is 3. The van der Waals surface area contributed by atoms with Crippen LogP contribution >= 0.6 is 0 Å². The number of hydrogen-bond acceptors (Lipinski definition) is 4. The average molecular weight is 301 g/mol. The van der Waals surface area contributed by atoms with Gasteiger partial charge in [0.2, 0.25) is 0 Å². The summed E-state index contributed by atoms with van der Waals surface area (Å²) in [5.74, 6) is 0. The van der Waals surface area contributed by atoms with Crippen molar-refractivity contribution < 1.29 is 8.42 Å². The lowest BCUT2D eigenvalue weighted by atomic mass is 10.2. The van der Waals surface area contributed by atoms with Crippen LogP contribution in [0.15, 0.2) is 47.4 Å². The van der Waals surface area contributed by atoms with Crippen LogP contribution in [-0.2, 0) is 10.0 Å². The number of sulfonamides is 1. The van der Waals surface area contributed by atoms with Gasteiger partial charge in [-0.15, -0.1) is 0 Å². The molecule has 0 fully saturated rings. The highest BCUT2D eigenvalue weighted by atomic mass is 32.2. The number of nitriles is 1. The van der Waals surface area contributed by atoms with Crippen LogP contribution in [-0.4, -0.2) is 15.5 Å². The number of anilines is 2. The Bertz CT molecular complexity index is 823. The molecule has 0 aliphatic heterocycles. The standard InChI is InChI=1S/C15H15N3O2S/c1-11-13(17)7-5-9-15(11)21(19,20)18(2)14-8-4-3-6-12(14)10-16/h3-9H,17H2,1-2H3. The van der Waals surface area contributed by atoms with Crippen LogP contribution in [0.4, 0.5) is 11.4 Å². The molecule has 5 nitrogen and oxygen atoms in total. The van der Waals surface area contributed by atoms with Crippen molar-refractivity contribution in [2.24, 2.45) is 0 Å². The van der Waals surface area contributed by atoms with E-state index >= 15 is 0 Å². The van der Waals surface area contributed by atoms with E-state index in [0.29, 0.717) is 22.5 Å². The first-order valence-corrected chi connectivity index (χ1v) is 7.66. The van der Waals surface area contributed by atoms with Gasteiger partial charge >= 0.3 is 0 Å². The van der Waals surface area contributed by atoms with Crippen molar-refractivity contribution in [3.8, 4) is 6.07 Å². The van der Waals surface area contributed by atoms with Crippen LogP contribution in [0.1, 0.15) is 11.1 Å². The highest BCUT2D eigenvalue weighted by Gasteiger charge is 2.25. The molecule has 21 heavy (non-hydrogen) atoms. The molecule has 0 aliphatic rings. The van der Waals surface area contributed by atoms with Gasteiger partial charge in [-0.3, -0.25) is 4.31 Å². The maximum atomic E-state index is 12.7. The molecule has 108 valence electrons. The van der Waals surface area contributed by atoms with Crippen LogP contribution in [0, 0.1) is 18.3 Å². The predicted octanol–water partition coefficient (Wildman–Crippen LogP) is 2.27. The summed E-state index contributed by atoms with van der Waals surface area (Å²) < 4.78 is 26.6. The Balaban J connectivity index is 2.59. The Morgan fingerprint density at radius 1 is 1.14 bits per heavy atom. The Morgan fingerprint density at radius 3 is 2.48 bits per heavy atom. The lowest BCUT2D eigenvalue weighted by Crippen LogP contribution is -2.28. The second-order valence-electron chi connectivity index (χ2n) is 4.57. The zero-order valence-electron chi connectivity index (χ0n) is 11.7. The van der Waals surface area contributed by atoms with E-state index < -0.39 is 10.0 Å². The third-order valence-corrected chi connectivity index (χ3v) is 5.24. The molecule has 2 rings (SSSR count). The largest absolute Gasteiger partial charge is 0.398 e. The molecule has 0 heterocycles. The Hall–Kier alpha value is -2.52. The van der Waals surface area contributed by atoms with Gasteiger partial charge in [0.25, 0.3) is 10.0 Å². The van der Waals surface area contributed by atoms with Crippen LogP contribution in [0.25, 0.3) is 0 Å². The van der Waals surface area contributed by atoms with E-state index in [-0.39, 0.29) is 4.90 Å². The van der Waals surface area contributed by atoms with E-state index in [9.17, 15) is 8.42 Å². The fourth-order valence-corrected chi connectivity index (χ4v) is 3.50. The highest BCUT2D eigenvalue weighted by Crippen LogP contribution is 2.28. The number of nitrogen functional groups attached to an aromatic ring is 1. The summed E-state index contributed by atoms with van der Waals surface area (Å²) in [6.07, 6.45) is 0. The van der Waals surface area contributed by atoms with Gasteiger partial charge in [-0.05, 0) is 36.8 Å². The predicted molar refractivity (Wildman–Crippen MR) is 82.3 cm³/mol. The van der Waals surface area contributed by atoms with Crippen LogP contribution in [0.5, 0.6) is 0 Å². The Kier molecular flexibility index (Phi) is 3.87. The first-order chi connectivity index (χ1) is 9.89. The van der Waals surface area contributed by atoms with E-state index in [2.05, 4.69) is 0 Å². The number of nitrogens with two attached hydrogens (primary N) is 1. The third-order valence-electron chi connectivity index (χ3n) is 3.33. The summed E-state index contributed by atoms with van der Waals surface area (Å²) in [5.41, 5.74) is 7.32. The van der Waals surface area contributed by atoms with Crippen molar-refractivity contribution in [3.63, 3.8) is 0 Å². The minimum absolute atomic E-state index is 0.137. The number of benzene rings is 2. The minimum atomic E-state index is -3.78. The summed E-state index contributed by atoms with van der Waals surface area (Å²) in [4.78, 5) is 0.137. The fraction of sp³-hybridized carbons (Fsp3) is 0.133. The second kappa shape index (κ2) is 5.46. The van der Waals surface area contributed by atoms with Gasteiger partial charge in [0.15, 0.2) is 0 Å². The van der Waals surface area contributed by atoms with E-state index in [4.69, 9.17) is 11.0 Å². The summed E-state index contributed by atoms with van der Waals surface area (Å²) in [7, 11) is -2.35. The van der Waals surface area contributed by atoms with Crippen molar-refractivity contribution in [3.05, 3.63) is 53.6 Å². The third kappa shape index (κ3) is 2.56. The monoisotopic (exact) mass is 301 g/mol. The molecule has 0 spiro atoms. The van der Waals surface area contributed by atoms with Gasteiger partial charge in [0.05, 0.1) is 16.1 Å². The first-order valence-electron chi connectivity index (χ1n) is 6.22. The van der Waals surface area contributed by atoms with Gasteiger partial charge in [-0.1, -0.05) is 18.2 Å². The molecule has 6 heteroatoms. The molecule has 2 aromatic carbocycles. The quantitative estimate of drug-likeness (QED) is 0.881. The molecular formula is C15H15N3O2S. The maximum Gasteiger partial charge on any atom is 0.264 e. The minimum Gasteiger partial charge on any atom is -0.398 e. The van der Waals surface area contributed by atoms with Gasteiger partial charge in [0.1, 0.15) is 6.07 Å². The molecule has 2 N–H and O–H groups in total. The molecule has 0 amide bonds. The zero-order chi connectivity index (χ0) is 15.6. The summed E-state index contributed by atoms with van der Waals surface area (Å²) in [6, 6.07) is 13.3. The fourth-order valence-electron chi connectivity index (χ4n) is 2.03. The van der Waals surface area contributed by atoms with Crippen molar-refractivity contribution in [1.82, 2.24) is 0 Å². The van der Waals surface area contributed by atoms with E-state index in [1.54, 1.807) is 43.3 Å². The maximum absolute atomic E-state index is 12.7. The smallest absolute Gasteiger partial charge is 0.264 e. The van der Waals surface area contributed by atoms with Crippen LogP contribution in [0.3, 0.4) is 0 Å². The zero-order valence-corrected chi connectivity index (χ0v) is 12.6. The molecular weight excluding hydrogens is 286 g/mol. The van der Waals surface area contributed by atoms with Gasteiger partial charge in [-0.25, -0.2) is 8.42 Å². The molecule has 0 saturated heterocycles. The normalized spacial score (nSPS) is 10.9. The van der Waals surface area contributed by atoms with Crippen molar-refractivity contribution >= 4 is 21.4 Å². The summed E-state index contributed by atoms with van der Waals surface area (Å²) in [6.45, 7) is 1.66. The van der Waals surface area contributed by atoms with E-state index in [1.165, 1.54) is 13.1 Å². The van der Waals surface area contributed by atoms with E-state index in [1.807, 2.05) is 6.07 Å². The first kappa shape index (κ1) is 14.9. The molecule has 0 atom stereocenters. The number of nitrogens with zero attached hydrogens (tertiary/aromatic N) is 2. The highest BCUT2D eigenvalue weighted by molar-refractivity contribution is 7.92. The van der Waals surface area contributed by atoms with Gasteiger partial charge < -0.3 is 5.73 Å². The second-order valence-corrected chi connectivity index (χ2v) is 6.51. The lowest BCUT2D eigenvalue weighted by Gasteiger charge is -2.22. The lowest BCUT2D eigenvalue weighted by molar-refractivity contribution is 0.594. The molecule has 0 unspecified atom stereocenters.